The molecule has 1 fully saturated rings. The molecule has 0 saturated carbocycles. The number of nitrogens with zero attached hydrogens (tertiary/aromatic N) is 2. The molecule has 0 bridgehead atoms. The Labute approximate surface area is 176 Å². The maximum absolute atomic E-state index is 13.1. The molecule has 1 aromatic heterocycles. The van der Waals surface area contributed by atoms with E-state index in [0.29, 0.717) is 17.9 Å². The minimum absolute atomic E-state index is 0.0320. The quantitative estimate of drug-likeness (QED) is 0.654. The van der Waals surface area contributed by atoms with Crippen molar-refractivity contribution in [3.63, 3.8) is 0 Å². The molecule has 1 unspecified atom stereocenters. The number of carbonyl (C=O) groups is 1. The first-order valence-electron chi connectivity index (χ1n) is 10.2. The molecule has 30 heavy (non-hydrogen) atoms. The number of nitrogens with one attached hydrogen (secondary N) is 2. The summed E-state index contributed by atoms with van der Waals surface area (Å²) in [6.07, 6.45) is 2.76. The molecule has 1 aliphatic rings. The van der Waals surface area contributed by atoms with Crippen LogP contribution >= 0.6 is 0 Å². The molecule has 0 aliphatic carbocycles. The maximum atomic E-state index is 13.1. The third-order valence-corrected chi connectivity index (χ3v) is 7.67. The molecule has 1 aliphatic heterocycles. The van der Waals surface area contributed by atoms with E-state index in [4.69, 9.17) is 0 Å². The van der Waals surface area contributed by atoms with Crippen molar-refractivity contribution in [2.45, 2.75) is 50.6 Å². The van der Waals surface area contributed by atoms with Crippen molar-refractivity contribution in [3.8, 4) is 0 Å². The van der Waals surface area contributed by atoms with Gasteiger partial charge in [0.25, 0.3) is 5.91 Å². The number of rotatable bonds is 5. The predicted octanol–water partition coefficient (Wildman–Crippen LogP) is 3.36. The third kappa shape index (κ3) is 3.97. The number of piperidine rings is 1. The van der Waals surface area contributed by atoms with Gasteiger partial charge in [0.15, 0.2) is 0 Å². The Bertz CT molecular complexity index is 1150. The number of hydrogen-bond acceptors (Lipinski definition) is 4. The maximum Gasteiger partial charge on any atom is 0.251 e. The first kappa shape index (κ1) is 20.6. The minimum Gasteiger partial charge on any atom is -0.345 e. The van der Waals surface area contributed by atoms with Crippen LogP contribution in [0.1, 0.15) is 47.9 Å². The van der Waals surface area contributed by atoms with Crippen LogP contribution in [0, 0.1) is 6.92 Å². The van der Waals surface area contributed by atoms with Gasteiger partial charge in [0, 0.05) is 18.2 Å². The van der Waals surface area contributed by atoms with Crippen LogP contribution in [0.15, 0.2) is 47.4 Å². The minimum atomic E-state index is -3.63. The van der Waals surface area contributed by atoms with E-state index in [0.717, 1.165) is 35.9 Å². The normalized spacial score (nSPS) is 17.9. The lowest BCUT2D eigenvalue weighted by molar-refractivity contribution is 0.0949. The van der Waals surface area contributed by atoms with Crippen LogP contribution in [0.4, 0.5) is 0 Å². The fourth-order valence-corrected chi connectivity index (χ4v) is 5.65. The molecule has 0 radical (unpaired) electrons. The Morgan fingerprint density at radius 3 is 2.80 bits per heavy atom. The molecule has 4 rings (SSSR count). The standard InChI is InChI=1S/C22H26N4O3S/c1-15-10-11-17(30(28,29)26-12-6-5-7-16(26)2)13-18(15)22(27)23-14-21-24-19-8-3-4-9-20(19)25-21/h3-4,8-11,13,16H,5-7,12,14H2,1-2H3,(H,23,27)(H,24,25). The summed E-state index contributed by atoms with van der Waals surface area (Å²) in [6.45, 7) is 4.49. The van der Waals surface area contributed by atoms with Crippen LogP contribution in [0.25, 0.3) is 11.0 Å². The first-order chi connectivity index (χ1) is 14.4. The molecule has 8 heteroatoms. The number of fused-ring (bicyclic) bond motifs is 1. The van der Waals surface area contributed by atoms with Gasteiger partial charge in [-0.3, -0.25) is 4.79 Å². The van der Waals surface area contributed by atoms with E-state index >= 15 is 0 Å². The van der Waals surface area contributed by atoms with Crippen LogP contribution in [0.3, 0.4) is 0 Å². The molecule has 2 N–H and O–H groups in total. The smallest absolute Gasteiger partial charge is 0.251 e. The van der Waals surface area contributed by atoms with Gasteiger partial charge in [0.05, 0.1) is 22.5 Å². The molecule has 1 saturated heterocycles. The molecule has 0 spiro atoms. The summed E-state index contributed by atoms with van der Waals surface area (Å²) in [4.78, 5) is 20.6. The van der Waals surface area contributed by atoms with Crippen molar-refractivity contribution in [2.24, 2.45) is 0 Å². The number of aromatic amines is 1. The molecule has 158 valence electrons. The molecule has 3 aromatic rings. The molecule has 2 aromatic carbocycles. The van der Waals surface area contributed by atoms with Gasteiger partial charge < -0.3 is 10.3 Å². The second-order valence-corrected chi connectivity index (χ2v) is 9.71. The summed E-state index contributed by atoms with van der Waals surface area (Å²) in [5.41, 5.74) is 2.82. The molecular weight excluding hydrogens is 400 g/mol. The number of benzene rings is 2. The van der Waals surface area contributed by atoms with Gasteiger partial charge in [0.2, 0.25) is 10.0 Å². The van der Waals surface area contributed by atoms with Crippen molar-refractivity contribution in [1.29, 1.82) is 0 Å². The topological polar surface area (TPSA) is 95.2 Å². The van der Waals surface area contributed by atoms with Gasteiger partial charge in [-0.05, 0) is 56.5 Å². The summed E-state index contributed by atoms with van der Waals surface area (Å²) in [5, 5.41) is 2.84. The number of imidazole rings is 1. The zero-order chi connectivity index (χ0) is 21.3. The van der Waals surface area contributed by atoms with Gasteiger partial charge in [-0.2, -0.15) is 4.31 Å². The van der Waals surface area contributed by atoms with Gasteiger partial charge in [-0.25, -0.2) is 13.4 Å². The molecule has 7 nitrogen and oxygen atoms in total. The van der Waals surface area contributed by atoms with Gasteiger partial charge in [0.1, 0.15) is 5.82 Å². The van der Waals surface area contributed by atoms with E-state index < -0.39 is 10.0 Å². The zero-order valence-corrected chi connectivity index (χ0v) is 18.0. The number of sulfonamides is 1. The summed E-state index contributed by atoms with van der Waals surface area (Å²) < 4.78 is 27.8. The van der Waals surface area contributed by atoms with E-state index in [2.05, 4.69) is 15.3 Å². The highest BCUT2D eigenvalue weighted by molar-refractivity contribution is 7.89. The second-order valence-electron chi connectivity index (χ2n) is 7.82. The predicted molar refractivity (Wildman–Crippen MR) is 116 cm³/mol. The Hall–Kier alpha value is -2.71. The fourth-order valence-electron chi connectivity index (χ4n) is 3.92. The van der Waals surface area contributed by atoms with Crippen LogP contribution in [-0.4, -0.2) is 41.2 Å². The highest BCUT2D eigenvalue weighted by Crippen LogP contribution is 2.26. The number of H-pyrrole nitrogens is 1. The summed E-state index contributed by atoms with van der Waals surface area (Å²) in [7, 11) is -3.63. The lowest BCUT2D eigenvalue weighted by atomic mass is 10.1. The van der Waals surface area contributed by atoms with E-state index in [1.807, 2.05) is 31.2 Å². The SMILES string of the molecule is Cc1ccc(S(=O)(=O)N2CCCCC2C)cc1C(=O)NCc1nc2ccccc2[nH]1. The van der Waals surface area contributed by atoms with Crippen molar-refractivity contribution in [3.05, 3.63) is 59.4 Å². The van der Waals surface area contributed by atoms with E-state index in [-0.39, 0.29) is 23.4 Å². The van der Waals surface area contributed by atoms with E-state index in [9.17, 15) is 13.2 Å². The van der Waals surface area contributed by atoms with Crippen LogP contribution < -0.4 is 5.32 Å². The summed E-state index contributed by atoms with van der Waals surface area (Å²) in [5.74, 6) is 0.324. The number of aryl methyl sites for hydroxylation is 1. The number of para-hydroxylation sites is 2. The average Bonchev–Trinajstić information content (AvgIpc) is 3.15. The van der Waals surface area contributed by atoms with Crippen LogP contribution in [0.5, 0.6) is 0 Å². The Balaban J connectivity index is 1.54. The number of amides is 1. The first-order valence-corrected chi connectivity index (χ1v) is 11.6. The number of aromatic nitrogens is 2. The average molecular weight is 427 g/mol. The van der Waals surface area contributed by atoms with Crippen LogP contribution in [-0.2, 0) is 16.6 Å². The van der Waals surface area contributed by atoms with Gasteiger partial charge >= 0.3 is 0 Å². The second kappa shape index (κ2) is 8.20. The summed E-state index contributed by atoms with van der Waals surface area (Å²) >= 11 is 0. The lowest BCUT2D eigenvalue weighted by Crippen LogP contribution is -2.42. The molecule has 1 atom stereocenters. The lowest BCUT2D eigenvalue weighted by Gasteiger charge is -2.32. The zero-order valence-electron chi connectivity index (χ0n) is 17.2. The van der Waals surface area contributed by atoms with Gasteiger partial charge in [-0.1, -0.05) is 24.6 Å². The van der Waals surface area contributed by atoms with Crippen molar-refractivity contribution >= 4 is 27.0 Å². The molecule has 1 amide bonds. The Morgan fingerprint density at radius 2 is 2.03 bits per heavy atom. The van der Waals surface area contributed by atoms with E-state index in [1.54, 1.807) is 23.4 Å². The number of carbonyl (C=O) groups excluding carboxylic acids is 1. The fraction of sp³-hybridized carbons (Fsp3) is 0.364. The van der Waals surface area contributed by atoms with Crippen molar-refractivity contribution in [2.75, 3.05) is 6.54 Å². The molecular formula is C22H26N4O3S. The third-order valence-electron chi connectivity index (χ3n) is 5.66. The number of hydrogen-bond donors (Lipinski definition) is 2. The van der Waals surface area contributed by atoms with E-state index in [1.165, 1.54) is 6.07 Å². The highest BCUT2D eigenvalue weighted by atomic mass is 32.2. The monoisotopic (exact) mass is 426 g/mol. The van der Waals surface area contributed by atoms with Crippen molar-refractivity contribution < 1.29 is 13.2 Å². The Morgan fingerprint density at radius 1 is 1.23 bits per heavy atom. The molecule has 2 heterocycles. The largest absolute Gasteiger partial charge is 0.345 e. The Kier molecular flexibility index (Phi) is 5.62. The van der Waals surface area contributed by atoms with Crippen LogP contribution in [0.2, 0.25) is 0 Å². The van der Waals surface area contributed by atoms with Crippen molar-refractivity contribution in [1.82, 2.24) is 19.6 Å². The summed E-state index contributed by atoms with van der Waals surface area (Å²) in [6, 6.07) is 12.4. The van der Waals surface area contributed by atoms with Gasteiger partial charge in [-0.15, -0.1) is 0 Å². The highest BCUT2D eigenvalue weighted by Gasteiger charge is 2.31.